The summed E-state index contributed by atoms with van der Waals surface area (Å²) < 4.78 is 1.04. The fraction of sp³-hybridized carbons (Fsp3) is 0.214. The zero-order valence-electron chi connectivity index (χ0n) is 9.16. The van der Waals surface area contributed by atoms with Gasteiger partial charge >= 0.3 is 0 Å². The van der Waals surface area contributed by atoms with Crippen LogP contribution in [0.15, 0.2) is 40.9 Å². The lowest BCUT2D eigenvalue weighted by atomic mass is 9.99. The Morgan fingerprint density at radius 3 is 2.50 bits per heavy atom. The molecule has 0 aromatic heterocycles. The van der Waals surface area contributed by atoms with E-state index < -0.39 is 0 Å². The van der Waals surface area contributed by atoms with E-state index in [9.17, 15) is 4.79 Å². The first-order valence-electron chi connectivity index (χ1n) is 5.44. The molecule has 0 radical (unpaired) electrons. The molecule has 0 saturated heterocycles. The molecule has 0 fully saturated rings. The Kier molecular flexibility index (Phi) is 3.39. The number of ketones is 1. The highest BCUT2D eigenvalue weighted by molar-refractivity contribution is 9.10. The molecule has 2 aromatic rings. The molecule has 0 unspecified atom stereocenters. The minimum absolute atomic E-state index is 0.228. The molecule has 0 amide bonds. The molecule has 82 valence electrons. The summed E-state index contributed by atoms with van der Waals surface area (Å²) in [5, 5.41) is 2.14. The summed E-state index contributed by atoms with van der Waals surface area (Å²) in [7, 11) is 0. The minimum atomic E-state index is 0.228. The maximum absolute atomic E-state index is 12.0. The van der Waals surface area contributed by atoms with Crippen molar-refractivity contribution < 1.29 is 4.79 Å². The number of carbonyl (C=O) groups excluding carboxylic acids is 1. The second kappa shape index (κ2) is 4.79. The first-order valence-corrected chi connectivity index (χ1v) is 6.23. The van der Waals surface area contributed by atoms with Crippen molar-refractivity contribution in [1.29, 1.82) is 0 Å². The lowest BCUT2D eigenvalue weighted by Crippen LogP contribution is -1.99. The Morgan fingerprint density at radius 2 is 1.81 bits per heavy atom. The zero-order valence-corrected chi connectivity index (χ0v) is 10.8. The van der Waals surface area contributed by atoms with Crippen LogP contribution in [-0.2, 0) is 0 Å². The highest BCUT2D eigenvalue weighted by Gasteiger charge is 2.10. The molecule has 2 heteroatoms. The molecule has 0 spiro atoms. The molecule has 0 bridgehead atoms. The summed E-state index contributed by atoms with van der Waals surface area (Å²) in [5.41, 5.74) is 0.834. The smallest absolute Gasteiger partial charge is 0.163 e. The van der Waals surface area contributed by atoms with Crippen LogP contribution in [0, 0.1) is 0 Å². The van der Waals surface area contributed by atoms with Gasteiger partial charge < -0.3 is 0 Å². The minimum Gasteiger partial charge on any atom is -0.294 e. The van der Waals surface area contributed by atoms with E-state index >= 15 is 0 Å². The van der Waals surface area contributed by atoms with Gasteiger partial charge in [-0.15, -0.1) is 0 Å². The molecule has 0 saturated carbocycles. The lowest BCUT2D eigenvalue weighted by molar-refractivity contribution is 0.0983. The lowest BCUT2D eigenvalue weighted by Gasteiger charge is -2.06. The Bertz CT molecular complexity index is 531. The topological polar surface area (TPSA) is 17.1 Å². The second-order valence-electron chi connectivity index (χ2n) is 3.81. The van der Waals surface area contributed by atoms with Gasteiger partial charge in [0.15, 0.2) is 5.78 Å². The van der Waals surface area contributed by atoms with E-state index in [1.807, 2.05) is 43.3 Å². The van der Waals surface area contributed by atoms with Crippen molar-refractivity contribution in [1.82, 2.24) is 0 Å². The number of hydrogen-bond donors (Lipinski definition) is 0. The van der Waals surface area contributed by atoms with Crippen molar-refractivity contribution in [3.05, 3.63) is 46.4 Å². The number of fused-ring (bicyclic) bond motifs is 1. The van der Waals surface area contributed by atoms with Crippen molar-refractivity contribution >= 4 is 32.5 Å². The fourth-order valence-electron chi connectivity index (χ4n) is 1.87. The van der Waals surface area contributed by atoms with Crippen LogP contribution in [0.2, 0.25) is 0 Å². The van der Waals surface area contributed by atoms with Gasteiger partial charge in [0.1, 0.15) is 0 Å². The summed E-state index contributed by atoms with van der Waals surface area (Å²) in [4.78, 5) is 12.0. The van der Waals surface area contributed by atoms with Crippen LogP contribution in [0.5, 0.6) is 0 Å². The third-order valence-corrected chi connectivity index (χ3v) is 3.34. The van der Waals surface area contributed by atoms with E-state index in [-0.39, 0.29) is 5.78 Å². The second-order valence-corrected chi connectivity index (χ2v) is 4.67. The molecule has 0 N–H and O–H groups in total. The van der Waals surface area contributed by atoms with Crippen LogP contribution in [0.25, 0.3) is 10.8 Å². The summed E-state index contributed by atoms with van der Waals surface area (Å²) in [6, 6.07) is 11.8. The maximum Gasteiger partial charge on any atom is 0.163 e. The van der Waals surface area contributed by atoms with E-state index in [0.717, 1.165) is 27.2 Å². The van der Waals surface area contributed by atoms with Gasteiger partial charge in [0.25, 0.3) is 0 Å². The molecular formula is C14H13BrO. The van der Waals surface area contributed by atoms with Crippen molar-refractivity contribution in [2.45, 2.75) is 19.8 Å². The molecule has 1 nitrogen and oxygen atoms in total. The van der Waals surface area contributed by atoms with Crippen molar-refractivity contribution in [3.8, 4) is 0 Å². The van der Waals surface area contributed by atoms with Crippen LogP contribution >= 0.6 is 15.9 Å². The Labute approximate surface area is 104 Å². The largest absolute Gasteiger partial charge is 0.294 e. The number of Topliss-reactive ketones (excluding diaryl/α,β-unsaturated/α-hetero) is 1. The van der Waals surface area contributed by atoms with Crippen molar-refractivity contribution in [2.24, 2.45) is 0 Å². The van der Waals surface area contributed by atoms with Crippen LogP contribution in [-0.4, -0.2) is 5.78 Å². The van der Waals surface area contributed by atoms with Crippen LogP contribution in [0.4, 0.5) is 0 Å². The van der Waals surface area contributed by atoms with E-state index in [1.165, 1.54) is 0 Å². The van der Waals surface area contributed by atoms with Gasteiger partial charge in [0, 0.05) is 16.5 Å². The van der Waals surface area contributed by atoms with Gasteiger partial charge in [-0.3, -0.25) is 4.79 Å². The van der Waals surface area contributed by atoms with Gasteiger partial charge in [-0.25, -0.2) is 0 Å². The third-order valence-electron chi connectivity index (χ3n) is 2.65. The first-order chi connectivity index (χ1) is 7.74. The number of benzene rings is 2. The summed E-state index contributed by atoms with van der Waals surface area (Å²) in [6.07, 6.45) is 1.51. The number of hydrogen-bond acceptors (Lipinski definition) is 1. The Balaban J connectivity index is 2.63. The zero-order chi connectivity index (χ0) is 11.5. The molecule has 2 rings (SSSR count). The SMILES string of the molecule is CCCC(=O)c1ccc(Br)c2ccccc12. The summed E-state index contributed by atoms with van der Waals surface area (Å²) >= 11 is 3.51. The molecule has 0 aliphatic heterocycles. The molecule has 16 heavy (non-hydrogen) atoms. The van der Waals surface area contributed by atoms with Gasteiger partial charge in [-0.1, -0.05) is 47.1 Å². The van der Waals surface area contributed by atoms with Gasteiger partial charge in [0.2, 0.25) is 0 Å². The van der Waals surface area contributed by atoms with Crippen LogP contribution in [0.3, 0.4) is 0 Å². The van der Waals surface area contributed by atoms with Crippen LogP contribution < -0.4 is 0 Å². The van der Waals surface area contributed by atoms with E-state index in [1.54, 1.807) is 0 Å². The standard InChI is InChI=1S/C14H13BrO/c1-2-5-14(16)12-8-9-13(15)11-7-4-3-6-10(11)12/h3-4,6-9H,2,5H2,1H3. The number of rotatable bonds is 3. The highest BCUT2D eigenvalue weighted by atomic mass is 79.9. The number of halogens is 1. The monoisotopic (exact) mass is 276 g/mol. The fourth-order valence-corrected chi connectivity index (χ4v) is 2.35. The van der Waals surface area contributed by atoms with E-state index in [2.05, 4.69) is 15.9 Å². The molecule has 0 atom stereocenters. The average Bonchev–Trinajstić information content (AvgIpc) is 2.30. The number of carbonyl (C=O) groups is 1. The molecular weight excluding hydrogens is 264 g/mol. The normalized spacial score (nSPS) is 10.6. The highest BCUT2D eigenvalue weighted by Crippen LogP contribution is 2.27. The summed E-state index contributed by atoms with van der Waals surface area (Å²) in [5.74, 6) is 0.228. The Morgan fingerprint density at radius 1 is 1.12 bits per heavy atom. The van der Waals surface area contributed by atoms with Gasteiger partial charge in [0.05, 0.1) is 0 Å². The van der Waals surface area contributed by atoms with E-state index in [0.29, 0.717) is 6.42 Å². The predicted molar refractivity (Wildman–Crippen MR) is 70.9 cm³/mol. The molecule has 0 aliphatic carbocycles. The third kappa shape index (κ3) is 2.03. The van der Waals surface area contributed by atoms with Crippen molar-refractivity contribution in [2.75, 3.05) is 0 Å². The molecule has 0 heterocycles. The first kappa shape index (κ1) is 11.3. The predicted octanol–water partition coefficient (Wildman–Crippen LogP) is 4.59. The van der Waals surface area contributed by atoms with E-state index in [4.69, 9.17) is 0 Å². The van der Waals surface area contributed by atoms with Crippen LogP contribution in [0.1, 0.15) is 30.1 Å². The molecule has 0 aliphatic rings. The average molecular weight is 277 g/mol. The quantitative estimate of drug-likeness (QED) is 0.750. The Hall–Kier alpha value is -1.15. The molecule has 2 aromatic carbocycles. The van der Waals surface area contributed by atoms with Gasteiger partial charge in [-0.2, -0.15) is 0 Å². The van der Waals surface area contributed by atoms with Gasteiger partial charge in [-0.05, 0) is 29.3 Å². The van der Waals surface area contributed by atoms with Crippen molar-refractivity contribution in [3.63, 3.8) is 0 Å². The maximum atomic E-state index is 12.0. The summed E-state index contributed by atoms with van der Waals surface area (Å²) in [6.45, 7) is 2.03.